The van der Waals surface area contributed by atoms with Gasteiger partial charge in [0.05, 0.1) is 0 Å². The molecule has 3 atom stereocenters. The Bertz CT molecular complexity index is 995. The largest absolute Gasteiger partial charge is 0.595 e. The summed E-state index contributed by atoms with van der Waals surface area (Å²) in [6, 6.07) is 3.12. The van der Waals surface area contributed by atoms with E-state index in [0.717, 1.165) is 49.1 Å². The fourth-order valence-electron chi connectivity index (χ4n) is 5.08. The van der Waals surface area contributed by atoms with E-state index in [9.17, 15) is 20.0 Å². The minimum absolute atomic E-state index is 0.0351. The fraction of sp³-hybridized carbons (Fsp3) is 0.526. The minimum atomic E-state index is -1.20. The predicted octanol–water partition coefficient (Wildman–Crippen LogP) is 0.113. The van der Waals surface area contributed by atoms with Gasteiger partial charge >= 0.3 is 5.56 Å². The van der Waals surface area contributed by atoms with Gasteiger partial charge in [-0.2, -0.15) is 10.3 Å². The molecule has 2 bridgehead atoms. The summed E-state index contributed by atoms with van der Waals surface area (Å²) >= 11 is 0. The number of likely N-dealkylation sites (tertiary alicyclic amines) is 1. The summed E-state index contributed by atoms with van der Waals surface area (Å²) in [5.74, 6) is 0.153. The van der Waals surface area contributed by atoms with Crippen LogP contribution in [0.25, 0.3) is 0 Å². The van der Waals surface area contributed by atoms with Gasteiger partial charge in [0.2, 0.25) is 5.69 Å². The number of hydrogen-bond acceptors (Lipinski definition) is 5. The molecule has 9 nitrogen and oxygen atoms in total. The number of carbonyl (C=O) groups excluding carboxylic acids is 1. The highest BCUT2D eigenvalue weighted by atomic mass is 16.8. The standard InChI is InChI=1S/C19H23N5O4/c25-18-16(24(27)28)6-5-15-12-7-11(9-23(15)18)8-22(10-12)19(26)17-13-3-1-2-4-14(13)20-21-17/h5-6,11-12,24,27H,1-4,7-10H2,(H,20,21)/t11-,12?/m0/s1. The second-order valence-corrected chi connectivity index (χ2v) is 8.14. The molecule has 2 aliphatic heterocycles. The molecule has 28 heavy (non-hydrogen) atoms. The number of aromatic amines is 1. The van der Waals surface area contributed by atoms with E-state index in [1.807, 2.05) is 4.90 Å². The average molecular weight is 385 g/mol. The lowest BCUT2D eigenvalue weighted by molar-refractivity contribution is -0.992. The van der Waals surface area contributed by atoms with Crippen LogP contribution in [0.5, 0.6) is 0 Å². The maximum Gasteiger partial charge on any atom is 0.315 e. The van der Waals surface area contributed by atoms with Gasteiger partial charge in [0.15, 0.2) is 5.69 Å². The van der Waals surface area contributed by atoms with Crippen LogP contribution < -0.4 is 10.8 Å². The van der Waals surface area contributed by atoms with Gasteiger partial charge in [0, 0.05) is 48.6 Å². The molecule has 4 heterocycles. The van der Waals surface area contributed by atoms with Gasteiger partial charge in [0.25, 0.3) is 5.91 Å². The van der Waals surface area contributed by atoms with Crippen molar-refractivity contribution >= 4 is 11.6 Å². The molecule has 5 rings (SSSR count). The summed E-state index contributed by atoms with van der Waals surface area (Å²) in [5, 5.41) is 26.6. The molecule has 1 amide bonds. The third kappa shape index (κ3) is 2.69. The number of aromatic nitrogens is 3. The van der Waals surface area contributed by atoms with Crippen molar-refractivity contribution in [3.05, 3.63) is 50.3 Å². The third-order valence-electron chi connectivity index (χ3n) is 6.38. The number of nitrogens with one attached hydrogen (secondary N) is 2. The Hall–Kier alpha value is -2.49. The molecule has 1 saturated heterocycles. The van der Waals surface area contributed by atoms with Crippen molar-refractivity contribution in [1.29, 1.82) is 0 Å². The number of quaternary nitrogens is 1. The van der Waals surface area contributed by atoms with Crippen LogP contribution in [-0.2, 0) is 19.4 Å². The monoisotopic (exact) mass is 385 g/mol. The molecule has 0 radical (unpaired) electrons. The lowest BCUT2D eigenvalue weighted by Crippen LogP contribution is -3.00. The van der Waals surface area contributed by atoms with E-state index >= 15 is 0 Å². The molecule has 148 valence electrons. The summed E-state index contributed by atoms with van der Waals surface area (Å²) in [6.45, 7) is 1.55. The number of H-pyrrole nitrogens is 1. The van der Waals surface area contributed by atoms with Crippen LogP contribution in [0.1, 0.15) is 52.6 Å². The molecule has 9 heteroatoms. The zero-order chi connectivity index (χ0) is 19.4. The van der Waals surface area contributed by atoms with Crippen LogP contribution >= 0.6 is 0 Å². The Morgan fingerprint density at radius 1 is 1.25 bits per heavy atom. The van der Waals surface area contributed by atoms with Gasteiger partial charge in [-0.3, -0.25) is 14.7 Å². The fourth-order valence-corrected chi connectivity index (χ4v) is 5.08. The molecule has 1 aliphatic carbocycles. The van der Waals surface area contributed by atoms with Crippen molar-refractivity contribution in [2.75, 3.05) is 13.1 Å². The number of nitrogens with zero attached hydrogens (tertiary/aromatic N) is 3. The van der Waals surface area contributed by atoms with Crippen LogP contribution in [0.3, 0.4) is 0 Å². The number of rotatable bonds is 2. The van der Waals surface area contributed by atoms with E-state index in [-0.39, 0.29) is 23.4 Å². The van der Waals surface area contributed by atoms with Gasteiger partial charge in [-0.1, -0.05) is 0 Å². The van der Waals surface area contributed by atoms with Gasteiger partial charge in [-0.15, -0.1) is 0 Å². The minimum Gasteiger partial charge on any atom is -0.595 e. The van der Waals surface area contributed by atoms with E-state index < -0.39 is 10.8 Å². The lowest BCUT2D eigenvalue weighted by atomic mass is 9.83. The number of amides is 1. The van der Waals surface area contributed by atoms with Crippen LogP contribution in [0.15, 0.2) is 16.9 Å². The third-order valence-corrected chi connectivity index (χ3v) is 6.38. The lowest BCUT2D eigenvalue weighted by Gasteiger charge is -2.42. The first-order valence-electron chi connectivity index (χ1n) is 9.85. The first-order chi connectivity index (χ1) is 13.5. The predicted molar refractivity (Wildman–Crippen MR) is 98.5 cm³/mol. The summed E-state index contributed by atoms with van der Waals surface area (Å²) < 4.78 is 1.60. The molecule has 1 fully saturated rings. The Balaban J connectivity index is 1.44. The highest BCUT2D eigenvalue weighted by Gasteiger charge is 2.38. The van der Waals surface area contributed by atoms with Crippen molar-refractivity contribution in [3.8, 4) is 0 Å². The smallest absolute Gasteiger partial charge is 0.315 e. The molecule has 2 unspecified atom stereocenters. The molecule has 0 aromatic carbocycles. The maximum atomic E-state index is 13.2. The topological polar surface area (TPSA) is 119 Å². The zero-order valence-electron chi connectivity index (χ0n) is 15.5. The van der Waals surface area contributed by atoms with Crippen molar-refractivity contribution in [1.82, 2.24) is 19.7 Å². The first kappa shape index (κ1) is 17.6. The van der Waals surface area contributed by atoms with E-state index in [2.05, 4.69) is 10.2 Å². The van der Waals surface area contributed by atoms with Gasteiger partial charge in [-0.05, 0) is 44.1 Å². The molecule has 2 aromatic rings. The van der Waals surface area contributed by atoms with E-state index in [4.69, 9.17) is 0 Å². The summed E-state index contributed by atoms with van der Waals surface area (Å²) in [4.78, 5) is 27.6. The number of carbonyl (C=O) groups is 1. The number of hydrogen-bond donors (Lipinski definition) is 3. The molecule has 0 spiro atoms. The number of fused-ring (bicyclic) bond motifs is 5. The van der Waals surface area contributed by atoms with E-state index in [1.54, 1.807) is 10.6 Å². The quantitative estimate of drug-likeness (QED) is 0.634. The van der Waals surface area contributed by atoms with Crippen molar-refractivity contribution in [2.45, 2.75) is 44.6 Å². The summed E-state index contributed by atoms with van der Waals surface area (Å²) in [5.41, 5.74) is 2.89. The van der Waals surface area contributed by atoms with Crippen LogP contribution in [0.4, 0.5) is 5.69 Å². The van der Waals surface area contributed by atoms with Gasteiger partial charge in [-0.25, -0.2) is 5.21 Å². The second kappa shape index (κ2) is 6.54. The summed E-state index contributed by atoms with van der Waals surface area (Å²) in [6.07, 6.45) is 4.96. The molecule has 3 N–H and O–H groups in total. The molecular weight excluding hydrogens is 362 g/mol. The van der Waals surface area contributed by atoms with Gasteiger partial charge in [0.1, 0.15) is 0 Å². The Kier molecular flexibility index (Phi) is 4.11. The second-order valence-electron chi connectivity index (χ2n) is 8.14. The highest BCUT2D eigenvalue weighted by molar-refractivity contribution is 5.94. The zero-order valence-corrected chi connectivity index (χ0v) is 15.5. The van der Waals surface area contributed by atoms with E-state index in [0.29, 0.717) is 25.3 Å². The Morgan fingerprint density at radius 2 is 2.07 bits per heavy atom. The Labute approximate surface area is 161 Å². The SMILES string of the molecule is O=C(c1n[nH]c2c1CCCC2)N1CC2C[C@@H](C1)Cn1c2ccc([NH+]([O-])O)c1=O. The van der Waals surface area contributed by atoms with Crippen LogP contribution in [0.2, 0.25) is 0 Å². The summed E-state index contributed by atoms with van der Waals surface area (Å²) in [7, 11) is 0. The van der Waals surface area contributed by atoms with Gasteiger partial charge < -0.3 is 14.7 Å². The number of aryl methyl sites for hydroxylation is 1. The van der Waals surface area contributed by atoms with Crippen molar-refractivity contribution in [3.63, 3.8) is 0 Å². The first-order valence-corrected chi connectivity index (χ1v) is 9.85. The number of piperidine rings is 1. The van der Waals surface area contributed by atoms with Crippen LogP contribution in [0, 0.1) is 11.1 Å². The molecular formula is C19H23N5O4. The van der Waals surface area contributed by atoms with Crippen LogP contribution in [-0.4, -0.2) is 43.9 Å². The number of pyridine rings is 1. The molecule has 2 aromatic heterocycles. The highest BCUT2D eigenvalue weighted by Crippen LogP contribution is 2.36. The van der Waals surface area contributed by atoms with E-state index in [1.165, 1.54) is 6.07 Å². The maximum absolute atomic E-state index is 13.2. The average Bonchev–Trinajstić information content (AvgIpc) is 3.12. The Morgan fingerprint density at radius 3 is 2.89 bits per heavy atom. The van der Waals surface area contributed by atoms with Crippen molar-refractivity contribution in [2.24, 2.45) is 5.92 Å². The van der Waals surface area contributed by atoms with Crippen molar-refractivity contribution < 1.29 is 15.2 Å². The molecule has 3 aliphatic rings. The molecule has 0 saturated carbocycles. The normalized spacial score (nSPS) is 24.4.